The van der Waals surface area contributed by atoms with Gasteiger partial charge in [0.15, 0.2) is 0 Å². The highest BCUT2D eigenvalue weighted by Crippen LogP contribution is 2.67. The highest BCUT2D eigenvalue weighted by molar-refractivity contribution is 5.09. The monoisotopic (exact) mass is 334 g/mol. The summed E-state index contributed by atoms with van der Waals surface area (Å²) in [5.74, 6) is 4.15. The predicted molar refractivity (Wildman–Crippen MR) is 97.7 cm³/mol. The van der Waals surface area contributed by atoms with Crippen molar-refractivity contribution in [3.8, 4) is 0 Å². The van der Waals surface area contributed by atoms with Gasteiger partial charge in [-0.1, -0.05) is 13.8 Å². The Hall–Kier alpha value is -0.0800. The Morgan fingerprint density at radius 3 is 2.33 bits per heavy atom. The van der Waals surface area contributed by atoms with E-state index >= 15 is 0 Å². The first kappa shape index (κ1) is 17.3. The molecule has 2 nitrogen and oxygen atoms in total. The van der Waals surface area contributed by atoms with Crippen LogP contribution >= 0.6 is 0 Å². The molecule has 0 aromatic rings. The summed E-state index contributed by atoms with van der Waals surface area (Å²) >= 11 is 0. The van der Waals surface area contributed by atoms with Crippen molar-refractivity contribution in [1.82, 2.24) is 0 Å². The molecule has 2 heteroatoms. The first-order valence-electron chi connectivity index (χ1n) is 10.6. The Kier molecular flexibility index (Phi) is 4.32. The molecule has 4 aliphatic rings. The largest absolute Gasteiger partial charge is 0.393 e. The Morgan fingerprint density at radius 1 is 0.917 bits per heavy atom. The molecule has 0 aromatic heterocycles. The molecular weight excluding hydrogens is 296 g/mol. The molecule has 9 atom stereocenters. The summed E-state index contributed by atoms with van der Waals surface area (Å²) in [6.07, 6.45) is 12.6. The highest BCUT2D eigenvalue weighted by atomic mass is 16.5. The molecular formula is C22H38O2. The van der Waals surface area contributed by atoms with Crippen LogP contribution in [0.25, 0.3) is 0 Å². The van der Waals surface area contributed by atoms with Gasteiger partial charge in [0, 0.05) is 7.11 Å². The van der Waals surface area contributed by atoms with Crippen molar-refractivity contribution in [2.24, 2.45) is 40.4 Å². The second-order valence-corrected chi connectivity index (χ2v) is 10.3. The average molecular weight is 335 g/mol. The van der Waals surface area contributed by atoms with Crippen LogP contribution in [-0.4, -0.2) is 24.4 Å². The molecule has 0 amide bonds. The summed E-state index contributed by atoms with van der Waals surface area (Å²) in [6.45, 7) is 7.19. The Balaban J connectivity index is 1.58. The Bertz CT molecular complexity index is 475. The van der Waals surface area contributed by atoms with Crippen molar-refractivity contribution >= 4 is 0 Å². The number of hydrogen-bond donors (Lipinski definition) is 1. The highest BCUT2D eigenvalue weighted by Gasteiger charge is 2.60. The van der Waals surface area contributed by atoms with Crippen molar-refractivity contribution < 1.29 is 9.84 Å². The summed E-state index contributed by atoms with van der Waals surface area (Å²) in [6, 6.07) is 0. The molecule has 0 heterocycles. The summed E-state index contributed by atoms with van der Waals surface area (Å²) < 4.78 is 5.72. The molecule has 138 valence electrons. The number of rotatable bonds is 2. The van der Waals surface area contributed by atoms with Crippen molar-refractivity contribution in [3.63, 3.8) is 0 Å². The van der Waals surface area contributed by atoms with E-state index < -0.39 is 0 Å². The fraction of sp³-hybridized carbons (Fsp3) is 1.00. The van der Waals surface area contributed by atoms with Crippen molar-refractivity contribution in [2.75, 3.05) is 7.11 Å². The van der Waals surface area contributed by atoms with Gasteiger partial charge in [0.05, 0.1) is 12.2 Å². The fourth-order valence-electron chi connectivity index (χ4n) is 8.27. The fourth-order valence-corrected chi connectivity index (χ4v) is 8.27. The average Bonchev–Trinajstić information content (AvgIpc) is 2.91. The lowest BCUT2D eigenvalue weighted by molar-refractivity contribution is -0.135. The van der Waals surface area contributed by atoms with Crippen molar-refractivity contribution in [2.45, 2.75) is 90.8 Å². The van der Waals surface area contributed by atoms with E-state index in [1.54, 1.807) is 0 Å². The summed E-state index contributed by atoms with van der Waals surface area (Å²) in [7, 11) is 1.90. The molecule has 1 N–H and O–H groups in total. The van der Waals surface area contributed by atoms with Crippen LogP contribution in [0.4, 0.5) is 0 Å². The van der Waals surface area contributed by atoms with E-state index in [-0.39, 0.29) is 6.10 Å². The van der Waals surface area contributed by atoms with Gasteiger partial charge in [-0.25, -0.2) is 0 Å². The van der Waals surface area contributed by atoms with E-state index in [4.69, 9.17) is 4.74 Å². The predicted octanol–water partition coefficient (Wildman–Crippen LogP) is 5.04. The number of aliphatic hydroxyl groups is 1. The quantitative estimate of drug-likeness (QED) is 0.766. The minimum atomic E-state index is -0.124. The lowest BCUT2D eigenvalue weighted by Crippen LogP contribution is -2.54. The first-order valence-corrected chi connectivity index (χ1v) is 10.6. The smallest absolute Gasteiger partial charge is 0.0574 e. The van der Waals surface area contributed by atoms with Crippen LogP contribution in [0.15, 0.2) is 0 Å². The standard InChI is InChI=1S/C22H38O2/c1-14(23)18-7-8-19-17-6-5-15-13-16(24-4)9-11-21(15,2)20(17)10-12-22(18,19)3/h14-20,23H,5-13H2,1-4H3/t14-,15-,16?,17?,18?,19?,20?,21?,22?/m0/s1. The van der Waals surface area contributed by atoms with Crippen LogP contribution in [0.3, 0.4) is 0 Å². The topological polar surface area (TPSA) is 29.5 Å². The number of ether oxygens (including phenoxy) is 1. The van der Waals surface area contributed by atoms with Crippen LogP contribution < -0.4 is 0 Å². The van der Waals surface area contributed by atoms with E-state index in [1.165, 1.54) is 57.8 Å². The molecule has 0 aliphatic heterocycles. The van der Waals surface area contributed by atoms with E-state index in [0.29, 0.717) is 22.9 Å². The zero-order chi connectivity index (χ0) is 17.1. The van der Waals surface area contributed by atoms with Gasteiger partial charge in [0.1, 0.15) is 0 Å². The minimum Gasteiger partial charge on any atom is -0.393 e. The third-order valence-electron chi connectivity index (χ3n) is 9.61. The maximum atomic E-state index is 10.3. The van der Waals surface area contributed by atoms with Gasteiger partial charge in [0.25, 0.3) is 0 Å². The number of fused-ring (bicyclic) bond motifs is 5. The Labute approximate surface area is 148 Å². The molecule has 4 saturated carbocycles. The molecule has 0 radical (unpaired) electrons. The lowest BCUT2D eigenvalue weighted by atomic mass is 9.44. The molecule has 0 saturated heterocycles. The van der Waals surface area contributed by atoms with Gasteiger partial charge in [-0.05, 0) is 105 Å². The van der Waals surface area contributed by atoms with Gasteiger partial charge in [0.2, 0.25) is 0 Å². The summed E-state index contributed by atoms with van der Waals surface area (Å²) in [4.78, 5) is 0. The lowest BCUT2D eigenvalue weighted by Gasteiger charge is -2.61. The van der Waals surface area contributed by atoms with Gasteiger partial charge in [-0.15, -0.1) is 0 Å². The number of hydrogen-bond acceptors (Lipinski definition) is 2. The van der Waals surface area contributed by atoms with E-state index in [0.717, 1.165) is 23.7 Å². The van der Waals surface area contributed by atoms with E-state index in [9.17, 15) is 5.11 Å². The maximum absolute atomic E-state index is 10.3. The SMILES string of the molecule is COC1CCC2(C)C3CCC4(C)C(CCC4[C@H](C)O)C3CC[C@H]2C1. The molecule has 0 bridgehead atoms. The second kappa shape index (κ2) is 5.98. The van der Waals surface area contributed by atoms with Gasteiger partial charge >= 0.3 is 0 Å². The summed E-state index contributed by atoms with van der Waals surface area (Å²) in [5, 5.41) is 10.3. The minimum absolute atomic E-state index is 0.124. The van der Waals surface area contributed by atoms with E-state index in [1.807, 2.05) is 14.0 Å². The number of methoxy groups -OCH3 is 1. The molecule has 24 heavy (non-hydrogen) atoms. The maximum Gasteiger partial charge on any atom is 0.0574 e. The molecule has 0 spiro atoms. The second-order valence-electron chi connectivity index (χ2n) is 10.3. The van der Waals surface area contributed by atoms with Gasteiger partial charge in [-0.2, -0.15) is 0 Å². The summed E-state index contributed by atoms with van der Waals surface area (Å²) in [5.41, 5.74) is 0.963. The van der Waals surface area contributed by atoms with Crippen LogP contribution in [0.1, 0.15) is 78.6 Å². The molecule has 7 unspecified atom stereocenters. The zero-order valence-corrected chi connectivity index (χ0v) is 16.3. The molecule has 4 aliphatic carbocycles. The van der Waals surface area contributed by atoms with Crippen LogP contribution in [0.5, 0.6) is 0 Å². The number of aliphatic hydroxyl groups excluding tert-OH is 1. The molecule has 0 aromatic carbocycles. The zero-order valence-electron chi connectivity index (χ0n) is 16.3. The van der Waals surface area contributed by atoms with Crippen molar-refractivity contribution in [1.29, 1.82) is 0 Å². The van der Waals surface area contributed by atoms with Crippen LogP contribution in [0.2, 0.25) is 0 Å². The van der Waals surface area contributed by atoms with E-state index in [2.05, 4.69) is 13.8 Å². The third-order valence-corrected chi connectivity index (χ3v) is 9.61. The van der Waals surface area contributed by atoms with Crippen LogP contribution in [-0.2, 0) is 4.74 Å². The normalized spacial score (nSPS) is 55.4. The molecule has 4 fully saturated rings. The molecule has 4 rings (SSSR count). The third kappa shape index (κ3) is 2.35. The van der Waals surface area contributed by atoms with Crippen LogP contribution in [0, 0.1) is 40.4 Å². The Morgan fingerprint density at radius 2 is 1.62 bits per heavy atom. The van der Waals surface area contributed by atoms with Gasteiger partial charge < -0.3 is 9.84 Å². The van der Waals surface area contributed by atoms with Crippen molar-refractivity contribution in [3.05, 3.63) is 0 Å². The first-order chi connectivity index (χ1) is 11.4. The van der Waals surface area contributed by atoms with Gasteiger partial charge in [-0.3, -0.25) is 0 Å².